The van der Waals surface area contributed by atoms with Gasteiger partial charge in [-0.2, -0.15) is 11.3 Å². The molecule has 158 valence electrons. The number of ether oxygens (including phenoxy) is 1. The molecule has 1 amide bonds. The van der Waals surface area contributed by atoms with E-state index in [1.54, 1.807) is 17.4 Å². The van der Waals surface area contributed by atoms with Crippen molar-refractivity contribution in [2.45, 2.75) is 31.1 Å². The number of carbonyl (C=O) groups excluding carboxylic acids is 1. The minimum atomic E-state index is -0.272. The number of thiophene rings is 1. The Morgan fingerprint density at radius 2 is 2.03 bits per heavy atom. The van der Waals surface area contributed by atoms with E-state index in [9.17, 15) is 4.79 Å². The van der Waals surface area contributed by atoms with E-state index in [4.69, 9.17) is 32.4 Å². The highest BCUT2D eigenvalue weighted by Gasteiger charge is 2.36. The van der Waals surface area contributed by atoms with E-state index < -0.39 is 0 Å². The van der Waals surface area contributed by atoms with Crippen LogP contribution in [0, 0.1) is 0 Å². The summed E-state index contributed by atoms with van der Waals surface area (Å²) in [4.78, 5) is 12.5. The molecule has 0 aliphatic carbocycles. The Morgan fingerprint density at radius 3 is 2.77 bits per heavy atom. The molecule has 0 atom stereocenters. The molecule has 0 unspecified atom stereocenters. The van der Waals surface area contributed by atoms with Crippen LogP contribution in [0.25, 0.3) is 11.5 Å². The van der Waals surface area contributed by atoms with Crippen molar-refractivity contribution < 1.29 is 13.9 Å². The highest BCUT2D eigenvalue weighted by Crippen LogP contribution is 2.39. The maximum absolute atomic E-state index is 12.5. The third kappa shape index (κ3) is 4.86. The lowest BCUT2D eigenvalue weighted by molar-refractivity contribution is -0.121. The second-order valence-corrected chi connectivity index (χ2v) is 8.93. The largest absolute Gasteiger partial charge is 0.421 e. The summed E-state index contributed by atoms with van der Waals surface area (Å²) in [5.74, 6) is 0.860. The van der Waals surface area contributed by atoms with E-state index in [-0.39, 0.29) is 17.7 Å². The minimum Gasteiger partial charge on any atom is -0.421 e. The number of nitrogens with one attached hydrogen (secondary N) is 1. The standard InChI is InChI=1S/C21H21Cl2N3O3S/c22-15-1-2-16(17(23)11-15)21(6-8-28-9-7-21)13-24-18(27)3-4-19-25-26-20(29-19)14-5-10-30-12-14/h1-2,5,10-12H,3-4,6-9,13H2,(H,24,27). The van der Waals surface area contributed by atoms with Crippen molar-refractivity contribution in [2.24, 2.45) is 0 Å². The van der Waals surface area contributed by atoms with E-state index >= 15 is 0 Å². The molecular formula is C21H21Cl2N3O3S. The fourth-order valence-corrected chi connectivity index (χ4v) is 4.90. The average molecular weight is 466 g/mol. The Morgan fingerprint density at radius 1 is 1.20 bits per heavy atom. The molecule has 0 saturated carbocycles. The summed E-state index contributed by atoms with van der Waals surface area (Å²) in [5, 5.41) is 16.2. The van der Waals surface area contributed by atoms with Gasteiger partial charge in [0.15, 0.2) is 0 Å². The van der Waals surface area contributed by atoms with Crippen molar-refractivity contribution in [1.29, 1.82) is 0 Å². The van der Waals surface area contributed by atoms with Gasteiger partial charge >= 0.3 is 0 Å². The van der Waals surface area contributed by atoms with Gasteiger partial charge in [0.1, 0.15) is 0 Å². The molecule has 1 aromatic carbocycles. The van der Waals surface area contributed by atoms with Crippen LogP contribution in [-0.4, -0.2) is 35.9 Å². The Bertz CT molecular complexity index is 1000. The van der Waals surface area contributed by atoms with Gasteiger partial charge in [-0.1, -0.05) is 29.3 Å². The highest BCUT2D eigenvalue weighted by molar-refractivity contribution is 7.08. The first-order valence-electron chi connectivity index (χ1n) is 9.71. The number of carbonyl (C=O) groups is 1. The molecule has 30 heavy (non-hydrogen) atoms. The number of halogens is 2. The van der Waals surface area contributed by atoms with Crippen LogP contribution in [0.3, 0.4) is 0 Å². The molecule has 3 heterocycles. The molecule has 1 N–H and O–H groups in total. The SMILES string of the molecule is O=C(CCc1nnc(-c2ccsc2)o1)NCC1(c2ccc(Cl)cc2Cl)CCOCC1. The maximum atomic E-state index is 12.5. The van der Waals surface area contributed by atoms with Crippen molar-refractivity contribution >= 4 is 40.4 Å². The Balaban J connectivity index is 1.37. The number of amides is 1. The highest BCUT2D eigenvalue weighted by atomic mass is 35.5. The number of hydrogen-bond acceptors (Lipinski definition) is 6. The molecular weight excluding hydrogens is 445 g/mol. The zero-order valence-corrected chi connectivity index (χ0v) is 18.5. The normalized spacial score (nSPS) is 15.8. The number of rotatable bonds is 7. The van der Waals surface area contributed by atoms with Crippen molar-refractivity contribution in [3.8, 4) is 11.5 Å². The number of benzene rings is 1. The topological polar surface area (TPSA) is 77.2 Å². The van der Waals surface area contributed by atoms with Crippen molar-refractivity contribution in [3.05, 3.63) is 56.5 Å². The third-order valence-electron chi connectivity index (χ3n) is 5.38. The number of hydrogen-bond donors (Lipinski definition) is 1. The van der Waals surface area contributed by atoms with Gasteiger partial charge in [-0.25, -0.2) is 0 Å². The van der Waals surface area contributed by atoms with Gasteiger partial charge in [-0.15, -0.1) is 10.2 Å². The first kappa shape index (κ1) is 21.3. The maximum Gasteiger partial charge on any atom is 0.248 e. The second kappa shape index (κ2) is 9.47. The summed E-state index contributed by atoms with van der Waals surface area (Å²) in [7, 11) is 0. The molecule has 1 saturated heterocycles. The van der Waals surface area contributed by atoms with Gasteiger partial charge in [0.25, 0.3) is 0 Å². The lowest BCUT2D eigenvalue weighted by Crippen LogP contribution is -2.44. The lowest BCUT2D eigenvalue weighted by Gasteiger charge is -2.38. The molecule has 4 rings (SSSR count). The van der Waals surface area contributed by atoms with Crippen molar-refractivity contribution in [1.82, 2.24) is 15.5 Å². The van der Waals surface area contributed by atoms with Gasteiger partial charge in [-0.3, -0.25) is 4.79 Å². The molecule has 6 nitrogen and oxygen atoms in total. The molecule has 1 fully saturated rings. The second-order valence-electron chi connectivity index (χ2n) is 7.31. The smallest absolute Gasteiger partial charge is 0.248 e. The predicted molar refractivity (Wildman–Crippen MR) is 117 cm³/mol. The lowest BCUT2D eigenvalue weighted by atomic mass is 9.74. The fourth-order valence-electron chi connectivity index (χ4n) is 3.66. The molecule has 0 radical (unpaired) electrons. The summed E-state index contributed by atoms with van der Waals surface area (Å²) in [5.41, 5.74) is 1.62. The predicted octanol–water partition coefficient (Wildman–Crippen LogP) is 4.90. The summed E-state index contributed by atoms with van der Waals surface area (Å²) in [6, 6.07) is 7.46. The molecule has 1 aliphatic rings. The van der Waals surface area contributed by atoms with E-state index in [0.717, 1.165) is 24.0 Å². The van der Waals surface area contributed by atoms with Crippen molar-refractivity contribution in [3.63, 3.8) is 0 Å². The summed E-state index contributed by atoms with van der Waals surface area (Å²) in [6.07, 6.45) is 2.22. The van der Waals surface area contributed by atoms with Gasteiger partial charge in [0.2, 0.25) is 17.7 Å². The van der Waals surface area contributed by atoms with E-state index in [2.05, 4.69) is 15.5 Å². The zero-order chi connectivity index (χ0) is 21.0. The van der Waals surface area contributed by atoms with Crippen LogP contribution in [0.1, 0.15) is 30.7 Å². The van der Waals surface area contributed by atoms with Crippen LogP contribution < -0.4 is 5.32 Å². The Hall–Kier alpha value is -1.93. The van der Waals surface area contributed by atoms with Gasteiger partial charge in [0.05, 0.1) is 0 Å². The summed E-state index contributed by atoms with van der Waals surface area (Å²) < 4.78 is 11.2. The molecule has 3 aromatic rings. The first-order valence-corrected chi connectivity index (χ1v) is 11.4. The first-order chi connectivity index (χ1) is 14.6. The molecule has 0 spiro atoms. The number of aryl methyl sites for hydroxylation is 1. The van der Waals surface area contributed by atoms with Crippen LogP contribution >= 0.6 is 34.5 Å². The van der Waals surface area contributed by atoms with E-state index in [1.807, 2.05) is 29.0 Å². The Kier molecular flexibility index (Phi) is 6.73. The van der Waals surface area contributed by atoms with Gasteiger partial charge in [-0.05, 0) is 42.0 Å². The summed E-state index contributed by atoms with van der Waals surface area (Å²) >= 11 is 14.1. The minimum absolute atomic E-state index is 0.0683. The zero-order valence-electron chi connectivity index (χ0n) is 16.2. The van der Waals surface area contributed by atoms with Crippen LogP contribution in [0.4, 0.5) is 0 Å². The van der Waals surface area contributed by atoms with Crippen LogP contribution in [0.15, 0.2) is 39.4 Å². The molecule has 2 aromatic heterocycles. The van der Waals surface area contributed by atoms with Crippen LogP contribution in [-0.2, 0) is 21.4 Å². The number of nitrogens with zero attached hydrogens (tertiary/aromatic N) is 2. The average Bonchev–Trinajstić information content (AvgIpc) is 3.43. The van der Waals surface area contributed by atoms with Crippen LogP contribution in [0.2, 0.25) is 10.0 Å². The fraction of sp³-hybridized carbons (Fsp3) is 0.381. The van der Waals surface area contributed by atoms with Crippen molar-refractivity contribution in [2.75, 3.05) is 19.8 Å². The van der Waals surface area contributed by atoms with E-state index in [0.29, 0.717) is 48.0 Å². The monoisotopic (exact) mass is 465 g/mol. The van der Waals surface area contributed by atoms with Gasteiger partial charge in [0, 0.05) is 59.0 Å². The molecule has 0 bridgehead atoms. The Labute approximate surface area is 188 Å². The van der Waals surface area contributed by atoms with Gasteiger partial charge < -0.3 is 14.5 Å². The molecule has 9 heteroatoms. The van der Waals surface area contributed by atoms with Crippen LogP contribution in [0.5, 0.6) is 0 Å². The third-order valence-corrected chi connectivity index (χ3v) is 6.61. The summed E-state index contributed by atoms with van der Waals surface area (Å²) in [6.45, 7) is 1.74. The van der Waals surface area contributed by atoms with E-state index in [1.165, 1.54) is 0 Å². The molecule has 1 aliphatic heterocycles. The quantitative estimate of drug-likeness (QED) is 0.536. The number of aromatic nitrogens is 2.